The molecule has 0 saturated heterocycles. The molecule has 1 aliphatic heterocycles. The van der Waals surface area contributed by atoms with Gasteiger partial charge in [-0.1, -0.05) is 37.1 Å². The number of hydrogen-bond acceptors (Lipinski definition) is 2. The van der Waals surface area contributed by atoms with Gasteiger partial charge in [-0.3, -0.25) is 0 Å². The summed E-state index contributed by atoms with van der Waals surface area (Å²) in [6.07, 6.45) is 6.50. The Morgan fingerprint density at radius 2 is 2.06 bits per heavy atom. The van der Waals surface area contributed by atoms with Crippen molar-refractivity contribution in [2.75, 3.05) is 6.61 Å². The summed E-state index contributed by atoms with van der Waals surface area (Å²) >= 11 is 0. The zero-order valence-electron chi connectivity index (χ0n) is 10.7. The van der Waals surface area contributed by atoms with Gasteiger partial charge in [-0.15, -0.1) is 0 Å². The van der Waals surface area contributed by atoms with E-state index in [-0.39, 0.29) is 11.5 Å². The molecule has 18 heavy (non-hydrogen) atoms. The Morgan fingerprint density at radius 3 is 2.83 bits per heavy atom. The summed E-state index contributed by atoms with van der Waals surface area (Å²) in [5.74, 6) is 0. The van der Waals surface area contributed by atoms with E-state index >= 15 is 0 Å². The lowest BCUT2D eigenvalue weighted by molar-refractivity contribution is 0.0164. The van der Waals surface area contributed by atoms with Gasteiger partial charge in [0.15, 0.2) is 0 Å². The monoisotopic (exact) mass is 241 g/mol. The zero-order valence-corrected chi connectivity index (χ0v) is 10.7. The summed E-state index contributed by atoms with van der Waals surface area (Å²) in [4.78, 5) is 0. The molecule has 1 aromatic rings. The molecule has 1 atom stereocenters. The van der Waals surface area contributed by atoms with Gasteiger partial charge < -0.3 is 4.74 Å². The van der Waals surface area contributed by atoms with E-state index in [0.717, 1.165) is 32.3 Å². The second kappa shape index (κ2) is 4.74. The van der Waals surface area contributed by atoms with Gasteiger partial charge in [0.1, 0.15) is 0 Å². The number of hydrogen-bond donors (Lipinski definition) is 0. The average molecular weight is 241 g/mol. The van der Waals surface area contributed by atoms with Crippen molar-refractivity contribution in [1.82, 2.24) is 0 Å². The molecule has 2 heteroatoms. The smallest absolute Gasteiger partial charge is 0.0843 e. The normalized spacial score (nSPS) is 25.4. The van der Waals surface area contributed by atoms with Gasteiger partial charge in [-0.25, -0.2) is 0 Å². The van der Waals surface area contributed by atoms with E-state index in [2.05, 4.69) is 30.3 Å². The SMILES string of the molecule is N#CC1(CC2OCCc3ccccc32)CCCC1. The lowest BCUT2D eigenvalue weighted by atomic mass is 9.79. The van der Waals surface area contributed by atoms with Crippen LogP contribution in [0.4, 0.5) is 0 Å². The van der Waals surface area contributed by atoms with Crippen LogP contribution in [0, 0.1) is 16.7 Å². The number of benzene rings is 1. The van der Waals surface area contributed by atoms with E-state index in [1.54, 1.807) is 0 Å². The van der Waals surface area contributed by atoms with Crippen molar-refractivity contribution >= 4 is 0 Å². The van der Waals surface area contributed by atoms with E-state index in [1.807, 2.05) is 0 Å². The zero-order chi connectivity index (χ0) is 12.4. The van der Waals surface area contributed by atoms with Gasteiger partial charge in [-0.2, -0.15) is 5.26 Å². The first kappa shape index (κ1) is 11.7. The molecule has 0 aromatic heterocycles. The maximum atomic E-state index is 9.49. The Kier molecular flexibility index (Phi) is 3.09. The third-order valence-electron chi connectivity index (χ3n) is 4.47. The average Bonchev–Trinajstić information content (AvgIpc) is 2.88. The molecule has 0 spiro atoms. The molecule has 1 aliphatic carbocycles. The van der Waals surface area contributed by atoms with Crippen LogP contribution in [0.1, 0.15) is 49.3 Å². The van der Waals surface area contributed by atoms with Gasteiger partial charge in [0.2, 0.25) is 0 Å². The Balaban J connectivity index is 1.84. The first-order valence-electron chi connectivity index (χ1n) is 6.94. The Bertz CT molecular complexity index is 468. The molecule has 0 amide bonds. The largest absolute Gasteiger partial charge is 0.373 e. The topological polar surface area (TPSA) is 33.0 Å². The molecular weight excluding hydrogens is 222 g/mol. The summed E-state index contributed by atoms with van der Waals surface area (Å²) in [5.41, 5.74) is 2.58. The van der Waals surface area contributed by atoms with Crippen LogP contribution in [0.2, 0.25) is 0 Å². The van der Waals surface area contributed by atoms with Crippen LogP contribution in [0.5, 0.6) is 0 Å². The highest BCUT2D eigenvalue weighted by atomic mass is 16.5. The molecule has 2 aliphatic rings. The first-order chi connectivity index (χ1) is 8.83. The van der Waals surface area contributed by atoms with Crippen LogP contribution in [-0.2, 0) is 11.2 Å². The maximum absolute atomic E-state index is 9.49. The highest BCUT2D eigenvalue weighted by Gasteiger charge is 2.38. The molecule has 94 valence electrons. The quantitative estimate of drug-likeness (QED) is 0.789. The summed E-state index contributed by atoms with van der Waals surface area (Å²) in [6.45, 7) is 0.795. The van der Waals surface area contributed by atoms with Crippen LogP contribution < -0.4 is 0 Å². The molecule has 1 unspecified atom stereocenters. The number of fused-ring (bicyclic) bond motifs is 1. The molecule has 0 radical (unpaired) electrons. The van der Waals surface area contributed by atoms with Crippen molar-refractivity contribution in [3.05, 3.63) is 35.4 Å². The second-order valence-electron chi connectivity index (χ2n) is 5.61. The Hall–Kier alpha value is -1.33. The minimum absolute atomic E-state index is 0.130. The fourth-order valence-corrected chi connectivity index (χ4v) is 3.41. The van der Waals surface area contributed by atoms with E-state index in [4.69, 9.17) is 4.74 Å². The Labute approximate surface area is 109 Å². The van der Waals surface area contributed by atoms with Crippen LogP contribution >= 0.6 is 0 Å². The summed E-state index contributed by atoms with van der Waals surface area (Å²) in [6, 6.07) is 11.1. The molecule has 1 aromatic carbocycles. The van der Waals surface area contributed by atoms with Gasteiger partial charge in [0, 0.05) is 0 Å². The van der Waals surface area contributed by atoms with E-state index in [9.17, 15) is 5.26 Å². The first-order valence-corrected chi connectivity index (χ1v) is 6.94. The van der Waals surface area contributed by atoms with Crippen molar-refractivity contribution < 1.29 is 4.74 Å². The molecule has 2 nitrogen and oxygen atoms in total. The number of ether oxygens (including phenoxy) is 1. The Morgan fingerprint density at radius 1 is 1.28 bits per heavy atom. The van der Waals surface area contributed by atoms with Crippen molar-refractivity contribution in [2.45, 2.75) is 44.6 Å². The summed E-state index contributed by atoms with van der Waals surface area (Å²) in [7, 11) is 0. The van der Waals surface area contributed by atoms with Gasteiger partial charge in [-0.05, 0) is 36.8 Å². The fourth-order valence-electron chi connectivity index (χ4n) is 3.41. The van der Waals surface area contributed by atoms with Crippen LogP contribution in [-0.4, -0.2) is 6.61 Å². The predicted molar refractivity (Wildman–Crippen MR) is 70.0 cm³/mol. The van der Waals surface area contributed by atoms with Gasteiger partial charge in [0.25, 0.3) is 0 Å². The fraction of sp³-hybridized carbons (Fsp3) is 0.562. The molecule has 3 rings (SSSR count). The van der Waals surface area contributed by atoms with Gasteiger partial charge in [0.05, 0.1) is 24.2 Å². The highest BCUT2D eigenvalue weighted by molar-refractivity contribution is 5.31. The van der Waals surface area contributed by atoms with Crippen LogP contribution in [0.25, 0.3) is 0 Å². The molecule has 1 saturated carbocycles. The van der Waals surface area contributed by atoms with Crippen molar-refractivity contribution in [2.24, 2.45) is 5.41 Å². The van der Waals surface area contributed by atoms with E-state index in [1.165, 1.54) is 24.0 Å². The molecule has 1 fully saturated rings. The second-order valence-corrected chi connectivity index (χ2v) is 5.61. The van der Waals surface area contributed by atoms with Crippen LogP contribution in [0.15, 0.2) is 24.3 Å². The molecule has 0 bridgehead atoms. The number of rotatable bonds is 2. The number of nitrogens with zero attached hydrogens (tertiary/aromatic N) is 1. The molecular formula is C16H19NO. The minimum atomic E-state index is -0.130. The van der Waals surface area contributed by atoms with Crippen LogP contribution in [0.3, 0.4) is 0 Å². The third-order valence-corrected chi connectivity index (χ3v) is 4.47. The lowest BCUT2D eigenvalue weighted by Gasteiger charge is -2.31. The standard InChI is InChI=1S/C16H19NO/c17-12-16(8-3-4-9-16)11-15-14-6-2-1-5-13(14)7-10-18-15/h1-2,5-6,15H,3-4,7-11H2. The minimum Gasteiger partial charge on any atom is -0.373 e. The van der Waals surface area contributed by atoms with E-state index in [0.29, 0.717) is 0 Å². The summed E-state index contributed by atoms with van der Waals surface area (Å²) < 4.78 is 5.94. The predicted octanol–water partition coefficient (Wildman–Crippen LogP) is 3.77. The molecule has 1 heterocycles. The molecule has 0 N–H and O–H groups in total. The third kappa shape index (κ3) is 2.04. The summed E-state index contributed by atoms with van der Waals surface area (Å²) in [5, 5.41) is 9.49. The van der Waals surface area contributed by atoms with Crippen molar-refractivity contribution in [3.8, 4) is 6.07 Å². The van der Waals surface area contributed by atoms with Crippen molar-refractivity contribution in [3.63, 3.8) is 0 Å². The number of nitriles is 1. The van der Waals surface area contributed by atoms with Gasteiger partial charge >= 0.3 is 0 Å². The lowest BCUT2D eigenvalue weighted by Crippen LogP contribution is -2.24. The maximum Gasteiger partial charge on any atom is 0.0843 e. The van der Waals surface area contributed by atoms with E-state index < -0.39 is 0 Å². The van der Waals surface area contributed by atoms with Crippen molar-refractivity contribution in [1.29, 1.82) is 5.26 Å². The highest BCUT2D eigenvalue weighted by Crippen LogP contribution is 2.46.